The quantitative estimate of drug-likeness (QED) is 0.898. The number of aliphatic carboxylic acids is 1. The molecule has 0 radical (unpaired) electrons. The van der Waals surface area contributed by atoms with Gasteiger partial charge in [0.1, 0.15) is 5.75 Å². The number of nitrogens with zero attached hydrogens (tertiary/aromatic N) is 1. The van der Waals surface area contributed by atoms with Crippen molar-refractivity contribution in [3.8, 4) is 5.75 Å². The minimum Gasteiger partial charge on any atom is -0.497 e. The summed E-state index contributed by atoms with van der Waals surface area (Å²) < 4.78 is 5.13. The van der Waals surface area contributed by atoms with Gasteiger partial charge in [-0.2, -0.15) is 0 Å². The summed E-state index contributed by atoms with van der Waals surface area (Å²) >= 11 is 0. The van der Waals surface area contributed by atoms with Crippen LogP contribution in [0.25, 0.3) is 0 Å². The van der Waals surface area contributed by atoms with Gasteiger partial charge in [0.25, 0.3) is 0 Å². The number of carbonyl (C=O) groups is 2. The minimum absolute atomic E-state index is 0.0298. The molecular formula is C21H23NO4. The average molecular weight is 353 g/mol. The first-order valence-corrected chi connectivity index (χ1v) is 8.75. The zero-order valence-electron chi connectivity index (χ0n) is 14.9. The maximum absolute atomic E-state index is 12.6. The number of piperidine rings is 1. The highest BCUT2D eigenvalue weighted by atomic mass is 16.5. The van der Waals surface area contributed by atoms with Crippen LogP contribution in [-0.4, -0.2) is 42.1 Å². The number of methoxy groups -OCH3 is 1. The first kappa shape index (κ1) is 18.0. The van der Waals surface area contributed by atoms with Gasteiger partial charge in [-0.1, -0.05) is 42.5 Å². The van der Waals surface area contributed by atoms with Crippen molar-refractivity contribution in [2.45, 2.75) is 24.7 Å². The SMILES string of the molecule is COc1ccc(CC(=O)N2CCC(C(=O)O)(c3ccccc3)CC2)cc1. The molecule has 0 aromatic heterocycles. The lowest BCUT2D eigenvalue weighted by molar-refractivity contribution is -0.148. The van der Waals surface area contributed by atoms with Crippen LogP contribution in [0.3, 0.4) is 0 Å². The number of hydrogen-bond donors (Lipinski definition) is 1. The number of carboxylic acid groups (broad SMARTS) is 1. The van der Waals surface area contributed by atoms with E-state index in [4.69, 9.17) is 4.74 Å². The fourth-order valence-electron chi connectivity index (χ4n) is 3.55. The highest BCUT2D eigenvalue weighted by molar-refractivity contribution is 5.83. The molecular weight excluding hydrogens is 330 g/mol. The molecule has 2 aromatic rings. The standard InChI is InChI=1S/C21H23NO4/c1-26-18-9-7-16(8-10-18)15-19(23)22-13-11-21(12-14-22,20(24)25)17-5-3-2-4-6-17/h2-10H,11-15H2,1H3,(H,24,25). The topological polar surface area (TPSA) is 66.8 Å². The van der Waals surface area contributed by atoms with Gasteiger partial charge in [0.2, 0.25) is 5.91 Å². The summed E-state index contributed by atoms with van der Waals surface area (Å²) in [5.74, 6) is -0.0264. The predicted molar refractivity (Wildman–Crippen MR) is 98.3 cm³/mol. The summed E-state index contributed by atoms with van der Waals surface area (Å²) in [6, 6.07) is 16.8. The van der Waals surface area contributed by atoms with Gasteiger partial charge in [0.15, 0.2) is 0 Å². The van der Waals surface area contributed by atoms with E-state index in [1.165, 1.54) is 0 Å². The molecule has 1 aliphatic rings. The van der Waals surface area contributed by atoms with Crippen molar-refractivity contribution >= 4 is 11.9 Å². The largest absolute Gasteiger partial charge is 0.497 e. The Balaban J connectivity index is 1.66. The molecule has 1 aliphatic heterocycles. The fraction of sp³-hybridized carbons (Fsp3) is 0.333. The molecule has 0 unspecified atom stereocenters. The van der Waals surface area contributed by atoms with E-state index in [1.54, 1.807) is 12.0 Å². The molecule has 136 valence electrons. The molecule has 2 aromatic carbocycles. The van der Waals surface area contributed by atoms with Gasteiger partial charge in [-0.25, -0.2) is 0 Å². The zero-order chi connectivity index (χ0) is 18.6. The third-order valence-electron chi connectivity index (χ3n) is 5.22. The third kappa shape index (κ3) is 3.57. The number of hydrogen-bond acceptors (Lipinski definition) is 3. The average Bonchev–Trinajstić information content (AvgIpc) is 2.69. The highest BCUT2D eigenvalue weighted by Gasteiger charge is 2.43. The van der Waals surface area contributed by atoms with Crippen molar-refractivity contribution in [2.75, 3.05) is 20.2 Å². The van der Waals surface area contributed by atoms with Crippen LogP contribution in [0.1, 0.15) is 24.0 Å². The number of benzene rings is 2. The maximum Gasteiger partial charge on any atom is 0.314 e. The van der Waals surface area contributed by atoms with E-state index in [0.717, 1.165) is 16.9 Å². The lowest BCUT2D eigenvalue weighted by Gasteiger charge is -2.39. The molecule has 0 spiro atoms. The Hall–Kier alpha value is -2.82. The van der Waals surface area contributed by atoms with E-state index < -0.39 is 11.4 Å². The predicted octanol–water partition coefficient (Wildman–Crippen LogP) is 2.88. The second kappa shape index (κ2) is 7.60. The van der Waals surface area contributed by atoms with Crippen LogP contribution in [0.2, 0.25) is 0 Å². The van der Waals surface area contributed by atoms with Gasteiger partial charge >= 0.3 is 5.97 Å². The summed E-state index contributed by atoms with van der Waals surface area (Å²) in [6.45, 7) is 0.909. The lowest BCUT2D eigenvalue weighted by atomic mass is 9.73. The molecule has 0 aliphatic carbocycles. The molecule has 0 atom stereocenters. The van der Waals surface area contributed by atoms with E-state index in [2.05, 4.69) is 0 Å². The van der Waals surface area contributed by atoms with Gasteiger partial charge < -0.3 is 14.7 Å². The monoisotopic (exact) mass is 353 g/mol. The Morgan fingerprint density at radius 1 is 1.04 bits per heavy atom. The van der Waals surface area contributed by atoms with Crippen LogP contribution >= 0.6 is 0 Å². The zero-order valence-corrected chi connectivity index (χ0v) is 14.9. The van der Waals surface area contributed by atoms with Crippen LogP contribution < -0.4 is 4.74 Å². The molecule has 0 bridgehead atoms. The van der Waals surface area contributed by atoms with Crippen molar-refractivity contribution in [1.82, 2.24) is 4.90 Å². The van der Waals surface area contributed by atoms with Crippen molar-refractivity contribution in [1.29, 1.82) is 0 Å². The van der Waals surface area contributed by atoms with Crippen LogP contribution in [0.4, 0.5) is 0 Å². The van der Waals surface area contributed by atoms with E-state index in [9.17, 15) is 14.7 Å². The van der Waals surface area contributed by atoms with E-state index >= 15 is 0 Å². The summed E-state index contributed by atoms with van der Waals surface area (Å²) in [4.78, 5) is 26.3. The Morgan fingerprint density at radius 2 is 1.65 bits per heavy atom. The fourth-order valence-corrected chi connectivity index (χ4v) is 3.55. The Morgan fingerprint density at radius 3 is 2.19 bits per heavy atom. The summed E-state index contributed by atoms with van der Waals surface area (Å²) in [6.07, 6.45) is 1.18. The van der Waals surface area contributed by atoms with Crippen molar-refractivity contribution < 1.29 is 19.4 Å². The molecule has 1 fully saturated rings. The van der Waals surface area contributed by atoms with E-state index in [0.29, 0.717) is 32.4 Å². The molecule has 3 rings (SSSR count). The van der Waals surface area contributed by atoms with Gasteiger partial charge in [0, 0.05) is 13.1 Å². The number of likely N-dealkylation sites (tertiary alicyclic amines) is 1. The molecule has 1 amide bonds. The van der Waals surface area contributed by atoms with Crippen molar-refractivity contribution in [3.63, 3.8) is 0 Å². The third-order valence-corrected chi connectivity index (χ3v) is 5.22. The molecule has 1 heterocycles. The number of carbonyl (C=O) groups excluding carboxylic acids is 1. The van der Waals surface area contributed by atoms with Crippen molar-refractivity contribution in [2.24, 2.45) is 0 Å². The van der Waals surface area contributed by atoms with Crippen LogP contribution in [0, 0.1) is 0 Å². The van der Waals surface area contributed by atoms with Gasteiger partial charge in [0.05, 0.1) is 18.9 Å². The molecule has 1 N–H and O–H groups in total. The normalized spacial score (nSPS) is 16.1. The molecule has 1 saturated heterocycles. The first-order chi connectivity index (χ1) is 12.5. The van der Waals surface area contributed by atoms with Gasteiger partial charge in [-0.3, -0.25) is 9.59 Å². The molecule has 5 nitrogen and oxygen atoms in total. The van der Waals surface area contributed by atoms with E-state index in [1.807, 2.05) is 54.6 Å². The molecule has 26 heavy (non-hydrogen) atoms. The van der Waals surface area contributed by atoms with Gasteiger partial charge in [-0.05, 0) is 36.1 Å². The summed E-state index contributed by atoms with van der Waals surface area (Å²) in [5, 5.41) is 9.84. The van der Waals surface area contributed by atoms with Crippen molar-refractivity contribution in [3.05, 3.63) is 65.7 Å². The molecule has 5 heteroatoms. The second-order valence-corrected chi connectivity index (χ2v) is 6.66. The number of ether oxygens (including phenoxy) is 1. The second-order valence-electron chi connectivity index (χ2n) is 6.66. The molecule has 0 saturated carbocycles. The first-order valence-electron chi connectivity index (χ1n) is 8.75. The Bertz CT molecular complexity index is 762. The Labute approximate surface area is 153 Å². The highest BCUT2D eigenvalue weighted by Crippen LogP contribution is 2.36. The number of carboxylic acids is 1. The van der Waals surface area contributed by atoms with Gasteiger partial charge in [-0.15, -0.1) is 0 Å². The van der Waals surface area contributed by atoms with E-state index in [-0.39, 0.29) is 5.91 Å². The smallest absolute Gasteiger partial charge is 0.314 e. The van der Waals surface area contributed by atoms with Crippen LogP contribution in [0.5, 0.6) is 5.75 Å². The lowest BCUT2D eigenvalue weighted by Crippen LogP contribution is -2.49. The summed E-state index contributed by atoms with van der Waals surface area (Å²) in [7, 11) is 1.61. The van der Waals surface area contributed by atoms with Crippen LogP contribution in [0.15, 0.2) is 54.6 Å². The van der Waals surface area contributed by atoms with Crippen LogP contribution in [-0.2, 0) is 21.4 Å². The number of amides is 1. The summed E-state index contributed by atoms with van der Waals surface area (Å²) in [5.41, 5.74) is 0.835. The maximum atomic E-state index is 12.6. The number of rotatable bonds is 5. The minimum atomic E-state index is -0.905. The Kier molecular flexibility index (Phi) is 5.26.